The minimum Gasteiger partial charge on any atom is -0.334 e. The van der Waals surface area contributed by atoms with E-state index in [-0.39, 0.29) is 24.4 Å². The van der Waals surface area contributed by atoms with Gasteiger partial charge in [0.2, 0.25) is 0 Å². The number of likely N-dealkylation sites (tertiary alicyclic amines) is 1. The number of aromatic nitrogens is 2. The number of nitrogens with two attached hydrogens (primary N) is 1. The Bertz CT molecular complexity index is 952. The van der Waals surface area contributed by atoms with Gasteiger partial charge in [-0.05, 0) is 37.3 Å². The fourth-order valence-corrected chi connectivity index (χ4v) is 5.08. The quantitative estimate of drug-likeness (QED) is 0.694. The Morgan fingerprint density at radius 2 is 2.07 bits per heavy atom. The van der Waals surface area contributed by atoms with E-state index in [1.54, 1.807) is 11.3 Å². The van der Waals surface area contributed by atoms with Crippen molar-refractivity contribution in [2.75, 3.05) is 13.1 Å². The number of carbonyl (C=O) groups excluding carboxylic acids is 1. The Kier molecular flexibility index (Phi) is 6.43. The molecule has 1 aromatic carbocycles. The Morgan fingerprint density at radius 1 is 1.32 bits per heavy atom. The average molecular weight is 419 g/mol. The van der Waals surface area contributed by atoms with Gasteiger partial charge in [-0.25, -0.2) is 0 Å². The maximum atomic E-state index is 13.2. The molecule has 0 radical (unpaired) electrons. The molecule has 3 aromatic rings. The molecule has 4 rings (SSSR count). The number of hydrogen-bond donors (Lipinski definition) is 1. The molecule has 1 saturated heterocycles. The van der Waals surface area contributed by atoms with E-state index in [1.165, 1.54) is 5.56 Å². The molecule has 3 heterocycles. The van der Waals surface area contributed by atoms with Gasteiger partial charge < -0.3 is 10.6 Å². The molecular formula is C21H27ClN4OS. The largest absolute Gasteiger partial charge is 0.334 e. The number of rotatable bonds is 4. The SMILES string of the molecule is Cc1nn(Cc2ccccc2)c2sc(C(=O)N3CCC(C)CC3CN)cc12.Cl. The number of carbonyl (C=O) groups is 1. The van der Waals surface area contributed by atoms with E-state index in [0.717, 1.165) is 40.2 Å². The monoisotopic (exact) mass is 418 g/mol. The van der Waals surface area contributed by atoms with Crippen molar-refractivity contribution in [1.29, 1.82) is 0 Å². The second kappa shape index (κ2) is 8.64. The lowest BCUT2D eigenvalue weighted by atomic mass is 9.92. The maximum Gasteiger partial charge on any atom is 0.264 e. The standard InChI is InChI=1S/C21H26N4OS.ClH/c1-14-8-9-24(17(10-14)12-22)20(26)19-11-18-15(2)23-25(21(18)27-19)13-16-6-4-3-5-7-16;/h3-7,11,14,17H,8-10,12-13,22H2,1-2H3;1H. The molecule has 2 aromatic heterocycles. The molecule has 0 saturated carbocycles. The molecule has 0 spiro atoms. The number of nitrogens with zero attached hydrogens (tertiary/aromatic N) is 3. The molecule has 1 aliphatic heterocycles. The fraction of sp³-hybridized carbons (Fsp3) is 0.429. The Morgan fingerprint density at radius 3 is 2.79 bits per heavy atom. The zero-order valence-electron chi connectivity index (χ0n) is 16.3. The van der Waals surface area contributed by atoms with Crippen molar-refractivity contribution in [3.63, 3.8) is 0 Å². The number of thiophene rings is 1. The highest BCUT2D eigenvalue weighted by Gasteiger charge is 2.30. The number of piperidine rings is 1. The predicted molar refractivity (Wildman–Crippen MR) is 117 cm³/mol. The predicted octanol–water partition coefficient (Wildman–Crippen LogP) is 4.08. The Balaban J connectivity index is 0.00000225. The van der Waals surface area contributed by atoms with Gasteiger partial charge in [-0.15, -0.1) is 23.7 Å². The first-order chi connectivity index (χ1) is 13.1. The summed E-state index contributed by atoms with van der Waals surface area (Å²) in [7, 11) is 0. The average Bonchev–Trinajstić information content (AvgIpc) is 3.23. The summed E-state index contributed by atoms with van der Waals surface area (Å²) in [5.41, 5.74) is 8.13. The number of halogens is 1. The zero-order valence-corrected chi connectivity index (χ0v) is 17.9. The molecule has 5 nitrogen and oxygen atoms in total. The van der Waals surface area contributed by atoms with Crippen LogP contribution in [0.25, 0.3) is 10.2 Å². The lowest BCUT2D eigenvalue weighted by Gasteiger charge is -2.37. The minimum atomic E-state index is 0. The summed E-state index contributed by atoms with van der Waals surface area (Å²) in [4.78, 5) is 17.0. The summed E-state index contributed by atoms with van der Waals surface area (Å²) in [6.45, 7) is 6.29. The van der Waals surface area contributed by atoms with Crippen LogP contribution in [0.5, 0.6) is 0 Å². The molecule has 1 aliphatic rings. The number of amides is 1. The van der Waals surface area contributed by atoms with Gasteiger partial charge in [-0.1, -0.05) is 37.3 Å². The van der Waals surface area contributed by atoms with E-state index >= 15 is 0 Å². The normalized spacial score (nSPS) is 19.6. The lowest BCUT2D eigenvalue weighted by molar-refractivity contribution is 0.0578. The maximum absolute atomic E-state index is 13.2. The molecule has 28 heavy (non-hydrogen) atoms. The molecule has 1 amide bonds. The zero-order chi connectivity index (χ0) is 19.0. The second-order valence-corrected chi connectivity index (χ2v) is 8.61. The van der Waals surface area contributed by atoms with Gasteiger partial charge in [0.15, 0.2) is 0 Å². The topological polar surface area (TPSA) is 64.2 Å². The Labute approximate surface area is 175 Å². The van der Waals surface area contributed by atoms with Crippen LogP contribution < -0.4 is 5.73 Å². The van der Waals surface area contributed by atoms with Crippen LogP contribution in [0, 0.1) is 12.8 Å². The first-order valence-corrected chi connectivity index (χ1v) is 10.4. The molecule has 2 atom stereocenters. The summed E-state index contributed by atoms with van der Waals surface area (Å²) >= 11 is 1.55. The van der Waals surface area contributed by atoms with Crippen LogP contribution in [-0.2, 0) is 6.54 Å². The van der Waals surface area contributed by atoms with E-state index in [1.807, 2.05) is 40.8 Å². The third-order valence-corrected chi connectivity index (χ3v) is 6.64. The van der Waals surface area contributed by atoms with Gasteiger partial charge in [-0.3, -0.25) is 9.48 Å². The molecule has 7 heteroatoms. The highest BCUT2D eigenvalue weighted by Crippen LogP contribution is 2.31. The van der Waals surface area contributed by atoms with E-state index in [0.29, 0.717) is 19.0 Å². The molecule has 1 fully saturated rings. The van der Waals surface area contributed by atoms with Gasteiger partial charge in [-0.2, -0.15) is 5.10 Å². The second-order valence-electron chi connectivity index (χ2n) is 7.58. The van der Waals surface area contributed by atoms with Gasteiger partial charge >= 0.3 is 0 Å². The van der Waals surface area contributed by atoms with Gasteiger partial charge in [0.25, 0.3) is 5.91 Å². The van der Waals surface area contributed by atoms with Gasteiger partial charge in [0.05, 0.1) is 17.1 Å². The smallest absolute Gasteiger partial charge is 0.264 e. The van der Waals surface area contributed by atoms with Crippen LogP contribution in [0.4, 0.5) is 0 Å². The van der Waals surface area contributed by atoms with Crippen LogP contribution in [0.2, 0.25) is 0 Å². The highest BCUT2D eigenvalue weighted by molar-refractivity contribution is 7.20. The molecular weight excluding hydrogens is 392 g/mol. The summed E-state index contributed by atoms with van der Waals surface area (Å²) < 4.78 is 2.01. The van der Waals surface area contributed by atoms with Crippen LogP contribution >= 0.6 is 23.7 Å². The minimum absolute atomic E-state index is 0. The number of aryl methyl sites for hydroxylation is 1. The van der Waals surface area contributed by atoms with Crippen molar-refractivity contribution in [1.82, 2.24) is 14.7 Å². The number of benzene rings is 1. The first-order valence-electron chi connectivity index (χ1n) is 9.58. The Hall–Kier alpha value is -1.89. The van der Waals surface area contributed by atoms with E-state index in [4.69, 9.17) is 5.73 Å². The number of hydrogen-bond acceptors (Lipinski definition) is 4. The molecule has 150 valence electrons. The van der Waals surface area contributed by atoms with Crippen molar-refractivity contribution in [2.24, 2.45) is 11.7 Å². The van der Waals surface area contributed by atoms with E-state index in [2.05, 4.69) is 24.2 Å². The van der Waals surface area contributed by atoms with Gasteiger partial charge in [0.1, 0.15) is 4.83 Å². The van der Waals surface area contributed by atoms with Crippen molar-refractivity contribution in [3.8, 4) is 0 Å². The van der Waals surface area contributed by atoms with Crippen molar-refractivity contribution < 1.29 is 4.79 Å². The van der Waals surface area contributed by atoms with Crippen molar-refractivity contribution in [2.45, 2.75) is 39.3 Å². The highest BCUT2D eigenvalue weighted by atomic mass is 35.5. The van der Waals surface area contributed by atoms with Gasteiger partial charge in [0, 0.05) is 24.5 Å². The van der Waals surface area contributed by atoms with Crippen LogP contribution in [0.1, 0.15) is 40.7 Å². The van der Waals surface area contributed by atoms with Crippen LogP contribution in [0.15, 0.2) is 36.4 Å². The summed E-state index contributed by atoms with van der Waals surface area (Å²) in [5, 5.41) is 5.76. The molecule has 0 aliphatic carbocycles. The molecule has 2 N–H and O–H groups in total. The van der Waals surface area contributed by atoms with Crippen molar-refractivity contribution >= 4 is 39.9 Å². The summed E-state index contributed by atoms with van der Waals surface area (Å²) in [5.74, 6) is 0.746. The fourth-order valence-electron chi connectivity index (χ4n) is 3.97. The summed E-state index contributed by atoms with van der Waals surface area (Å²) in [6, 6.07) is 12.5. The molecule has 0 bridgehead atoms. The molecule has 2 unspecified atom stereocenters. The van der Waals surface area contributed by atoms with E-state index in [9.17, 15) is 4.79 Å². The van der Waals surface area contributed by atoms with Crippen molar-refractivity contribution in [3.05, 3.63) is 52.5 Å². The first kappa shape index (κ1) is 20.8. The summed E-state index contributed by atoms with van der Waals surface area (Å²) in [6.07, 6.45) is 2.04. The lowest BCUT2D eigenvalue weighted by Crippen LogP contribution is -2.49. The van der Waals surface area contributed by atoms with Crippen LogP contribution in [-0.4, -0.2) is 39.7 Å². The van der Waals surface area contributed by atoms with E-state index < -0.39 is 0 Å². The van der Waals surface area contributed by atoms with Crippen LogP contribution in [0.3, 0.4) is 0 Å². The third kappa shape index (κ3) is 3.95. The third-order valence-electron chi connectivity index (χ3n) is 5.50. The number of fused-ring (bicyclic) bond motifs is 1.